The summed E-state index contributed by atoms with van der Waals surface area (Å²) in [5.41, 5.74) is 0. The third kappa shape index (κ3) is 2.63. The average molecular weight is 151 g/mol. The van der Waals surface area contributed by atoms with Gasteiger partial charge in [0.25, 0.3) is 0 Å². The van der Waals surface area contributed by atoms with Gasteiger partial charge in [-0.25, -0.2) is 0 Å². The van der Waals surface area contributed by atoms with E-state index in [0.29, 0.717) is 0 Å². The van der Waals surface area contributed by atoms with E-state index in [4.69, 9.17) is 11.3 Å². The largest absolute Gasteiger partial charge is 0.515 e. The molecule has 0 saturated heterocycles. The van der Waals surface area contributed by atoms with Crippen molar-refractivity contribution in [3.63, 3.8) is 0 Å². The van der Waals surface area contributed by atoms with E-state index in [-0.39, 0.29) is 12.0 Å². The highest BCUT2D eigenvalue weighted by Crippen LogP contribution is 2.21. The van der Waals surface area contributed by atoms with Crippen molar-refractivity contribution in [3.05, 3.63) is 23.9 Å². The SMILES string of the molecule is [C-]#[N+]C(=C)OC1CCCCC1. The summed E-state index contributed by atoms with van der Waals surface area (Å²) in [7, 11) is 0. The molecule has 0 amide bonds. The molecule has 0 unspecified atom stereocenters. The van der Waals surface area contributed by atoms with Crippen LogP contribution in [0, 0.1) is 6.57 Å². The van der Waals surface area contributed by atoms with Crippen molar-refractivity contribution >= 4 is 0 Å². The van der Waals surface area contributed by atoms with E-state index >= 15 is 0 Å². The van der Waals surface area contributed by atoms with Crippen LogP contribution in [-0.4, -0.2) is 6.10 Å². The first-order valence-corrected chi connectivity index (χ1v) is 4.06. The first-order valence-electron chi connectivity index (χ1n) is 4.06. The summed E-state index contributed by atoms with van der Waals surface area (Å²) >= 11 is 0. The molecule has 0 aromatic rings. The highest BCUT2D eigenvalue weighted by atomic mass is 16.5. The van der Waals surface area contributed by atoms with Crippen molar-refractivity contribution in [2.45, 2.75) is 38.2 Å². The number of hydrogen-bond donors (Lipinski definition) is 0. The molecule has 1 rings (SSSR count). The standard InChI is InChI=1S/C9H13NO/c1-8(10-2)11-9-6-4-3-5-7-9/h9H,1,3-7H2. The Morgan fingerprint density at radius 3 is 2.55 bits per heavy atom. The third-order valence-electron chi connectivity index (χ3n) is 1.98. The van der Waals surface area contributed by atoms with E-state index in [1.807, 2.05) is 0 Å². The lowest BCUT2D eigenvalue weighted by atomic mass is 9.98. The Hall–Kier alpha value is -0.970. The van der Waals surface area contributed by atoms with Gasteiger partial charge in [-0.1, -0.05) is 13.0 Å². The topological polar surface area (TPSA) is 13.6 Å². The Balaban J connectivity index is 2.25. The van der Waals surface area contributed by atoms with Crippen molar-refractivity contribution in [2.75, 3.05) is 0 Å². The zero-order valence-corrected chi connectivity index (χ0v) is 6.68. The lowest BCUT2D eigenvalue weighted by molar-refractivity contribution is 0.0904. The maximum atomic E-state index is 6.63. The minimum atomic E-state index is 0.247. The van der Waals surface area contributed by atoms with Crippen molar-refractivity contribution < 1.29 is 4.74 Å². The zero-order chi connectivity index (χ0) is 8.10. The molecule has 1 aliphatic carbocycles. The van der Waals surface area contributed by atoms with Gasteiger partial charge < -0.3 is 4.74 Å². The lowest BCUT2D eigenvalue weighted by Gasteiger charge is -2.22. The molecule has 0 aromatic carbocycles. The van der Waals surface area contributed by atoms with Crippen molar-refractivity contribution in [1.82, 2.24) is 0 Å². The fraction of sp³-hybridized carbons (Fsp3) is 0.667. The summed E-state index contributed by atoms with van der Waals surface area (Å²) in [6, 6.07) is 0. The molecular formula is C9H13NO. The Kier molecular flexibility index (Phi) is 2.97. The summed E-state index contributed by atoms with van der Waals surface area (Å²) in [5, 5.41) is 0. The lowest BCUT2D eigenvalue weighted by Crippen LogP contribution is -2.15. The smallest absolute Gasteiger partial charge is 0.333 e. The summed E-state index contributed by atoms with van der Waals surface area (Å²) in [6.45, 7) is 10.1. The molecular weight excluding hydrogens is 138 g/mol. The van der Waals surface area contributed by atoms with E-state index in [1.54, 1.807) is 0 Å². The first kappa shape index (κ1) is 8.13. The normalized spacial score (nSPS) is 18.8. The molecule has 2 nitrogen and oxygen atoms in total. The van der Waals surface area contributed by atoms with Crippen LogP contribution in [0.2, 0.25) is 0 Å². The van der Waals surface area contributed by atoms with Crippen molar-refractivity contribution in [2.24, 2.45) is 0 Å². The molecule has 0 bridgehead atoms. The number of ether oxygens (including phenoxy) is 1. The number of nitrogens with zero attached hydrogens (tertiary/aromatic N) is 1. The minimum absolute atomic E-state index is 0.247. The molecule has 0 heterocycles. The van der Waals surface area contributed by atoms with Crippen LogP contribution in [0.1, 0.15) is 32.1 Å². The van der Waals surface area contributed by atoms with E-state index in [1.165, 1.54) is 19.3 Å². The van der Waals surface area contributed by atoms with Crippen LogP contribution in [-0.2, 0) is 4.74 Å². The summed E-state index contributed by atoms with van der Waals surface area (Å²) in [4.78, 5) is 3.12. The second-order valence-electron chi connectivity index (χ2n) is 2.88. The van der Waals surface area contributed by atoms with Gasteiger partial charge in [0.1, 0.15) is 0 Å². The average Bonchev–Trinajstić information content (AvgIpc) is 2.06. The molecule has 11 heavy (non-hydrogen) atoms. The van der Waals surface area contributed by atoms with Crippen molar-refractivity contribution in [3.8, 4) is 0 Å². The summed E-state index contributed by atoms with van der Waals surface area (Å²) in [6.07, 6.45) is 6.23. The minimum Gasteiger partial charge on any atom is -0.515 e. The van der Waals surface area contributed by atoms with Crippen LogP contribution in [0.4, 0.5) is 0 Å². The monoisotopic (exact) mass is 151 g/mol. The highest BCUT2D eigenvalue weighted by molar-refractivity contribution is 4.94. The van der Waals surface area contributed by atoms with Gasteiger partial charge in [0.15, 0.2) is 0 Å². The van der Waals surface area contributed by atoms with Crippen LogP contribution < -0.4 is 0 Å². The maximum absolute atomic E-state index is 6.63. The zero-order valence-electron chi connectivity index (χ0n) is 6.68. The molecule has 0 aliphatic heterocycles. The quantitative estimate of drug-likeness (QED) is 0.437. The molecule has 1 fully saturated rings. The van der Waals surface area contributed by atoms with E-state index in [0.717, 1.165) is 12.8 Å². The summed E-state index contributed by atoms with van der Waals surface area (Å²) < 4.78 is 5.29. The first-order chi connectivity index (χ1) is 5.33. The Bertz CT molecular complexity index is 174. The molecule has 0 N–H and O–H groups in total. The van der Waals surface area contributed by atoms with Gasteiger partial charge in [-0.05, 0) is 25.7 Å². The molecule has 1 saturated carbocycles. The third-order valence-corrected chi connectivity index (χ3v) is 1.98. The summed E-state index contributed by atoms with van der Waals surface area (Å²) in [5.74, 6) is 0.247. The van der Waals surface area contributed by atoms with Gasteiger partial charge in [-0.2, -0.15) is 4.85 Å². The number of rotatable bonds is 2. The van der Waals surface area contributed by atoms with Gasteiger partial charge in [0, 0.05) is 0 Å². The van der Waals surface area contributed by atoms with Gasteiger partial charge in [0.2, 0.25) is 0 Å². The molecule has 0 atom stereocenters. The van der Waals surface area contributed by atoms with Crippen LogP contribution in [0.3, 0.4) is 0 Å². The van der Waals surface area contributed by atoms with Crippen LogP contribution in [0.5, 0.6) is 0 Å². The predicted molar refractivity (Wildman–Crippen MR) is 43.7 cm³/mol. The second kappa shape index (κ2) is 4.02. The van der Waals surface area contributed by atoms with Crippen LogP contribution >= 0.6 is 0 Å². The van der Waals surface area contributed by atoms with E-state index < -0.39 is 0 Å². The molecule has 2 heteroatoms. The predicted octanol–water partition coefficient (Wildman–Crippen LogP) is 2.73. The van der Waals surface area contributed by atoms with Crippen molar-refractivity contribution in [1.29, 1.82) is 0 Å². The van der Waals surface area contributed by atoms with Crippen LogP contribution in [0.25, 0.3) is 4.85 Å². The van der Waals surface area contributed by atoms with E-state index in [2.05, 4.69) is 11.4 Å². The highest BCUT2D eigenvalue weighted by Gasteiger charge is 2.14. The van der Waals surface area contributed by atoms with Gasteiger partial charge in [-0.3, -0.25) is 0 Å². The van der Waals surface area contributed by atoms with Gasteiger partial charge in [0.05, 0.1) is 12.7 Å². The van der Waals surface area contributed by atoms with Gasteiger partial charge >= 0.3 is 5.88 Å². The Labute approximate surface area is 67.7 Å². The molecule has 0 aromatic heterocycles. The molecule has 1 aliphatic rings. The molecule has 0 spiro atoms. The fourth-order valence-corrected chi connectivity index (χ4v) is 1.40. The van der Waals surface area contributed by atoms with Gasteiger partial charge in [-0.15, -0.1) is 0 Å². The molecule has 0 radical (unpaired) electrons. The Morgan fingerprint density at radius 2 is 2.00 bits per heavy atom. The maximum Gasteiger partial charge on any atom is 0.333 e. The molecule has 60 valence electrons. The number of hydrogen-bond acceptors (Lipinski definition) is 1. The Morgan fingerprint density at radius 1 is 1.36 bits per heavy atom. The fourth-order valence-electron chi connectivity index (χ4n) is 1.40. The van der Waals surface area contributed by atoms with E-state index in [9.17, 15) is 0 Å². The second-order valence-corrected chi connectivity index (χ2v) is 2.88. The van der Waals surface area contributed by atoms with Crippen LogP contribution in [0.15, 0.2) is 12.5 Å².